The maximum Gasteiger partial charge on any atom is 0.437 e. The number of methoxy groups -OCH3 is 2. The Balaban J connectivity index is 1.03. The largest absolute Gasteiger partial charge is 0.481 e. The molecule has 318 valence electrons. The number of nitrogens with one attached hydrogen (secondary N) is 3. The molecule has 5 N–H and O–H groups in total. The van der Waals surface area contributed by atoms with Crippen molar-refractivity contribution in [3.63, 3.8) is 0 Å². The fourth-order valence-corrected chi connectivity index (χ4v) is 9.77. The number of hydrogen-bond donors (Lipinski definition) is 5. The van der Waals surface area contributed by atoms with Crippen molar-refractivity contribution >= 4 is 29.3 Å². The normalized spacial score (nSPS) is 23.9. The van der Waals surface area contributed by atoms with Gasteiger partial charge in [0, 0.05) is 61.4 Å². The number of ether oxygens (including phenoxy) is 2. The second-order valence-electron chi connectivity index (χ2n) is 16.0. The van der Waals surface area contributed by atoms with Crippen LogP contribution in [-0.2, 0) is 35.3 Å². The average Bonchev–Trinajstić information content (AvgIpc) is 3.67. The molecule has 2 aromatic carbocycles. The number of hydrogen-bond acceptors (Lipinski definition) is 11. The summed E-state index contributed by atoms with van der Waals surface area (Å²) in [5, 5.41) is 29.2. The van der Waals surface area contributed by atoms with E-state index in [1.807, 2.05) is 53.4 Å². The number of aliphatic hydroxyl groups excluding tert-OH is 1. The van der Waals surface area contributed by atoms with E-state index in [-0.39, 0.29) is 48.6 Å². The van der Waals surface area contributed by atoms with Crippen molar-refractivity contribution in [1.82, 2.24) is 30.5 Å². The maximum absolute atomic E-state index is 14.8. The summed E-state index contributed by atoms with van der Waals surface area (Å²) in [6.45, 7) is 1.11. The number of benzene rings is 2. The van der Waals surface area contributed by atoms with Crippen molar-refractivity contribution in [2.24, 2.45) is 11.8 Å². The number of carbonyl (C=O) groups is 2. The first-order valence-electron chi connectivity index (χ1n) is 20.2. The quantitative estimate of drug-likeness (QED) is 0.100. The Morgan fingerprint density at radius 1 is 0.967 bits per heavy atom. The van der Waals surface area contributed by atoms with Gasteiger partial charge in [-0.05, 0) is 67.2 Å². The number of nitrogens with zero attached hydrogens (tertiary/aromatic N) is 4. The van der Waals surface area contributed by atoms with E-state index in [1.165, 1.54) is 14.2 Å². The van der Waals surface area contributed by atoms with Crippen LogP contribution in [0, 0.1) is 11.8 Å². The van der Waals surface area contributed by atoms with Gasteiger partial charge in [0.1, 0.15) is 11.8 Å². The minimum atomic E-state index is -4.83. The molecule has 3 saturated heterocycles. The summed E-state index contributed by atoms with van der Waals surface area (Å²) < 4.78 is 55.5. The summed E-state index contributed by atoms with van der Waals surface area (Å²) in [5.74, 6) is -1.88. The molecule has 1 saturated carbocycles. The highest BCUT2D eigenvalue weighted by Gasteiger charge is 2.43. The molecule has 3 aliphatic heterocycles. The molecule has 2 aliphatic carbocycles. The van der Waals surface area contributed by atoms with Gasteiger partial charge in [0.15, 0.2) is 11.5 Å². The number of pyridine rings is 1. The number of aliphatic carboxylic acids is 1. The molecule has 5 aliphatic rings. The van der Waals surface area contributed by atoms with E-state index < -0.39 is 41.7 Å². The number of anilines is 1. The van der Waals surface area contributed by atoms with E-state index in [2.05, 4.69) is 25.9 Å². The van der Waals surface area contributed by atoms with Gasteiger partial charge < -0.3 is 35.6 Å². The molecule has 4 fully saturated rings. The molecule has 0 radical (unpaired) electrons. The molecule has 5 heterocycles. The van der Waals surface area contributed by atoms with Crippen LogP contribution < -0.4 is 25.4 Å². The third-order valence-electron chi connectivity index (χ3n) is 12.5. The first-order chi connectivity index (χ1) is 28.8. The van der Waals surface area contributed by atoms with Crippen LogP contribution in [0.3, 0.4) is 0 Å². The minimum Gasteiger partial charge on any atom is -0.481 e. The monoisotopic (exact) mass is 849 g/mol. The third kappa shape index (κ3) is 8.34. The van der Waals surface area contributed by atoms with Gasteiger partial charge in [-0.3, -0.25) is 14.5 Å². The van der Waals surface area contributed by atoms with Crippen LogP contribution in [-0.4, -0.2) is 87.4 Å². The number of amides is 1. The zero-order valence-electron chi connectivity index (χ0n) is 33.2. The van der Waals surface area contributed by atoms with Gasteiger partial charge in [0.05, 0.1) is 36.9 Å². The van der Waals surface area contributed by atoms with Crippen LogP contribution in [0.1, 0.15) is 72.6 Å². The third-order valence-corrected chi connectivity index (χ3v) is 12.9. The molecule has 2 bridgehead atoms. The topological polar surface area (TPSA) is 171 Å². The van der Waals surface area contributed by atoms with Crippen molar-refractivity contribution in [3.05, 3.63) is 81.6 Å². The van der Waals surface area contributed by atoms with E-state index in [0.29, 0.717) is 54.5 Å². The van der Waals surface area contributed by atoms with Gasteiger partial charge in [0.2, 0.25) is 17.7 Å². The van der Waals surface area contributed by atoms with E-state index >= 15 is 0 Å². The molecule has 1 amide bonds. The number of carboxylic acids is 1. The molecule has 0 spiro atoms. The lowest BCUT2D eigenvalue weighted by Crippen LogP contribution is -2.37. The van der Waals surface area contributed by atoms with Crippen molar-refractivity contribution in [1.29, 1.82) is 0 Å². The standard InChI is InChI=1S/C43H47ClF3N7O6/c1-59-40-23(18-48-19-24-17-35(55)39(56)49-24)11-15-33(52-40)30-8-4-7-29(36(30)44)26-5-3-6-28-27(26)14-16-32(28)51-38-37(43(45,46)47)50-34(41(53-38)60-2)21-54-20-31(42(57)58)22-9-12-25(54)13-10-22/h3-8,11,15,22,24-25,31-32,35,48,55H,9-10,12-14,16-21H2,1-2H3,(H,49,56)(H,51,53)(H,57,58)/t22?,24-,25?,31?,32-,35?/m0/s1. The molecule has 4 atom stereocenters. The number of aromatic nitrogens is 3. The number of carboxylic acid groups (broad SMARTS) is 1. The van der Waals surface area contributed by atoms with Gasteiger partial charge in [-0.2, -0.15) is 18.2 Å². The van der Waals surface area contributed by atoms with Crippen LogP contribution in [0.2, 0.25) is 5.02 Å². The highest BCUT2D eigenvalue weighted by Crippen LogP contribution is 2.45. The molecule has 60 heavy (non-hydrogen) atoms. The first kappa shape index (κ1) is 41.7. The fraction of sp³-hybridized carbons (Fsp3) is 0.465. The zero-order chi connectivity index (χ0) is 42.3. The SMILES string of the molecule is COc1nc(-c2cccc(-c3cccc4c3CC[C@@H]4Nc3nc(OC)c(CN4CC(C(=O)O)C5CCC4CC5)nc3C(F)(F)F)c2Cl)ccc1CNC[C@@H]1CC(O)C(=O)N1. The molecule has 13 nitrogen and oxygen atoms in total. The summed E-state index contributed by atoms with van der Waals surface area (Å²) in [6.07, 6.45) is -1.32. The number of aliphatic hydroxyl groups is 1. The van der Waals surface area contributed by atoms with E-state index in [0.717, 1.165) is 53.5 Å². The Morgan fingerprint density at radius 3 is 2.40 bits per heavy atom. The van der Waals surface area contributed by atoms with E-state index in [4.69, 9.17) is 26.1 Å². The average molecular weight is 850 g/mol. The van der Waals surface area contributed by atoms with Crippen LogP contribution >= 0.6 is 11.6 Å². The predicted octanol–water partition coefficient (Wildman–Crippen LogP) is 6.41. The fourth-order valence-electron chi connectivity index (χ4n) is 9.44. The second-order valence-corrected chi connectivity index (χ2v) is 16.4. The van der Waals surface area contributed by atoms with E-state index in [1.54, 1.807) is 0 Å². The van der Waals surface area contributed by atoms with Crippen LogP contribution in [0.5, 0.6) is 11.8 Å². The first-order valence-corrected chi connectivity index (χ1v) is 20.6. The number of halogens is 4. The van der Waals surface area contributed by atoms with Crippen molar-refractivity contribution < 1.29 is 42.4 Å². The Hall–Kier alpha value is -5.03. The van der Waals surface area contributed by atoms with Gasteiger partial charge >= 0.3 is 12.1 Å². The molecule has 17 heteroatoms. The van der Waals surface area contributed by atoms with Crippen LogP contribution in [0.25, 0.3) is 22.4 Å². The minimum absolute atomic E-state index is 0.00536. The smallest absolute Gasteiger partial charge is 0.437 e. The number of carbonyl (C=O) groups excluding carboxylic acids is 1. The Labute approximate surface area is 350 Å². The lowest BCUT2D eigenvalue weighted by molar-refractivity contribution is -0.144. The summed E-state index contributed by atoms with van der Waals surface area (Å²) in [7, 11) is 2.88. The second kappa shape index (κ2) is 17.1. The lowest BCUT2D eigenvalue weighted by atomic mass is 9.81. The summed E-state index contributed by atoms with van der Waals surface area (Å²) >= 11 is 7.15. The maximum atomic E-state index is 14.8. The number of alkyl halides is 3. The summed E-state index contributed by atoms with van der Waals surface area (Å²) in [5.41, 5.74) is 4.27. The van der Waals surface area contributed by atoms with Gasteiger partial charge in [-0.1, -0.05) is 54.1 Å². The van der Waals surface area contributed by atoms with Crippen molar-refractivity contribution in [3.8, 4) is 34.1 Å². The molecule has 9 rings (SSSR count). The molecular weight excluding hydrogens is 803 g/mol. The Kier molecular flexibility index (Phi) is 11.9. The zero-order valence-corrected chi connectivity index (χ0v) is 33.9. The summed E-state index contributed by atoms with van der Waals surface area (Å²) in [6, 6.07) is 14.4. The van der Waals surface area contributed by atoms with Gasteiger partial charge in [-0.15, -0.1) is 0 Å². The number of rotatable bonds is 13. The van der Waals surface area contributed by atoms with Crippen molar-refractivity contribution in [2.75, 3.05) is 32.6 Å². The Morgan fingerprint density at radius 2 is 1.70 bits per heavy atom. The lowest BCUT2D eigenvalue weighted by Gasteiger charge is -2.31. The molecule has 2 aromatic heterocycles. The molecule has 4 aromatic rings. The van der Waals surface area contributed by atoms with E-state index in [9.17, 15) is 33.0 Å². The predicted molar refractivity (Wildman–Crippen MR) is 216 cm³/mol. The highest BCUT2D eigenvalue weighted by atomic mass is 35.5. The van der Waals surface area contributed by atoms with Gasteiger partial charge in [-0.25, -0.2) is 9.97 Å². The Bertz CT molecular complexity index is 2270. The molecular formula is C43H47ClF3N7O6. The van der Waals surface area contributed by atoms with Crippen molar-refractivity contribution in [2.45, 2.75) is 88.4 Å². The van der Waals surface area contributed by atoms with Crippen LogP contribution in [0.15, 0.2) is 48.5 Å². The van der Waals surface area contributed by atoms with Gasteiger partial charge in [0.25, 0.3) is 0 Å². The van der Waals surface area contributed by atoms with Crippen LogP contribution in [0.4, 0.5) is 19.0 Å². The summed E-state index contributed by atoms with van der Waals surface area (Å²) in [4.78, 5) is 39.0. The highest BCUT2D eigenvalue weighted by molar-refractivity contribution is 6.36. The molecule has 2 unspecified atom stereocenters. The number of fused-ring (bicyclic) bond motifs is 5.